The summed E-state index contributed by atoms with van der Waals surface area (Å²) in [6.07, 6.45) is 3.34. The molecule has 2 rings (SSSR count). The van der Waals surface area contributed by atoms with E-state index in [1.807, 2.05) is 42.5 Å². The first kappa shape index (κ1) is 12.6. The van der Waals surface area contributed by atoms with Crippen LogP contribution in [0.1, 0.15) is 17.5 Å². The van der Waals surface area contributed by atoms with Crippen molar-refractivity contribution in [2.24, 2.45) is 0 Å². The maximum atomic E-state index is 12.4. The smallest absolute Gasteiger partial charge is 0.0929 e. The quantitative estimate of drug-likeness (QED) is 0.712. The first-order valence-electron chi connectivity index (χ1n) is 6.24. The lowest BCUT2D eigenvalue weighted by molar-refractivity contribution is 0.501. The van der Waals surface area contributed by atoms with Crippen LogP contribution in [0.15, 0.2) is 66.7 Å². The molecule has 0 bridgehead atoms. The molecule has 18 heavy (non-hydrogen) atoms. The molecule has 0 N–H and O–H groups in total. The molecular weight excluding hydrogens is 223 g/mol. The van der Waals surface area contributed by atoms with Crippen LogP contribution in [0, 0.1) is 0 Å². The molecule has 2 aromatic rings. The third-order valence-electron chi connectivity index (χ3n) is 2.88. The molecule has 0 unspecified atom stereocenters. The van der Waals surface area contributed by atoms with Crippen LogP contribution in [0.2, 0.25) is 0 Å². The molecule has 0 aliphatic carbocycles. The fraction of sp³-hybridized carbons (Fsp3) is 0.176. The molecule has 0 aromatic heterocycles. The van der Waals surface area contributed by atoms with Crippen molar-refractivity contribution in [3.63, 3.8) is 0 Å². The molecule has 0 saturated carbocycles. The van der Waals surface area contributed by atoms with E-state index in [1.165, 1.54) is 16.7 Å². The second-order valence-corrected chi connectivity index (χ2v) is 4.24. The third-order valence-corrected chi connectivity index (χ3v) is 2.88. The fourth-order valence-electron chi connectivity index (χ4n) is 1.99. The summed E-state index contributed by atoms with van der Waals surface area (Å²) in [5, 5.41) is 0. The minimum Gasteiger partial charge on any atom is -0.251 e. The summed E-state index contributed by atoms with van der Waals surface area (Å²) in [5.74, 6) is 0. The number of alkyl halides is 1. The lowest BCUT2D eigenvalue weighted by atomic mass is 9.97. The predicted molar refractivity (Wildman–Crippen MR) is 75.2 cm³/mol. The second kappa shape index (κ2) is 6.75. The Kier molecular flexibility index (Phi) is 4.71. The number of allylic oxidation sites excluding steroid dienone is 2. The maximum absolute atomic E-state index is 12.4. The molecule has 0 amide bonds. The van der Waals surface area contributed by atoms with Crippen molar-refractivity contribution < 1.29 is 4.39 Å². The maximum Gasteiger partial charge on any atom is 0.0929 e. The molecular formula is C17H17F. The molecule has 0 nitrogen and oxygen atoms in total. The molecule has 0 aliphatic rings. The molecule has 0 spiro atoms. The molecule has 0 saturated heterocycles. The van der Waals surface area contributed by atoms with Crippen molar-refractivity contribution in [1.82, 2.24) is 0 Å². The summed E-state index contributed by atoms with van der Waals surface area (Å²) < 4.78 is 12.4. The Balaban J connectivity index is 2.22. The summed E-state index contributed by atoms with van der Waals surface area (Å²) in [7, 11) is 0. The summed E-state index contributed by atoms with van der Waals surface area (Å²) in [6, 6.07) is 20.5. The van der Waals surface area contributed by atoms with E-state index in [2.05, 4.69) is 24.3 Å². The van der Waals surface area contributed by atoms with Gasteiger partial charge in [-0.05, 0) is 29.5 Å². The van der Waals surface area contributed by atoms with Gasteiger partial charge in [-0.25, -0.2) is 0 Å². The van der Waals surface area contributed by atoms with Crippen LogP contribution in [-0.4, -0.2) is 6.67 Å². The van der Waals surface area contributed by atoms with Crippen molar-refractivity contribution >= 4 is 5.57 Å². The minimum atomic E-state index is -0.300. The van der Waals surface area contributed by atoms with E-state index < -0.39 is 0 Å². The van der Waals surface area contributed by atoms with E-state index in [0.29, 0.717) is 6.42 Å². The Bertz CT molecular complexity index is 486. The SMILES string of the molecule is FCC/C=C(\Cc1ccccc1)c1ccccc1. The summed E-state index contributed by atoms with van der Waals surface area (Å²) in [5.41, 5.74) is 3.63. The number of halogens is 1. The van der Waals surface area contributed by atoms with Gasteiger partial charge in [-0.15, -0.1) is 0 Å². The first-order chi connectivity index (χ1) is 8.90. The van der Waals surface area contributed by atoms with Gasteiger partial charge < -0.3 is 0 Å². The summed E-state index contributed by atoms with van der Waals surface area (Å²) in [4.78, 5) is 0. The molecule has 2 aromatic carbocycles. The Morgan fingerprint density at radius 3 is 2.11 bits per heavy atom. The fourth-order valence-corrected chi connectivity index (χ4v) is 1.99. The molecule has 0 aliphatic heterocycles. The Hall–Kier alpha value is -1.89. The standard InChI is InChI=1S/C17H17F/c18-13-7-12-17(16-10-5-2-6-11-16)14-15-8-3-1-4-9-15/h1-6,8-12H,7,13-14H2/b17-12+. The number of hydrogen-bond donors (Lipinski definition) is 0. The van der Waals surface area contributed by atoms with Gasteiger partial charge in [-0.1, -0.05) is 66.7 Å². The molecule has 92 valence electrons. The van der Waals surface area contributed by atoms with Gasteiger partial charge >= 0.3 is 0 Å². The van der Waals surface area contributed by atoms with E-state index in [0.717, 1.165) is 6.42 Å². The van der Waals surface area contributed by atoms with Crippen LogP contribution in [0.5, 0.6) is 0 Å². The highest BCUT2D eigenvalue weighted by Gasteiger charge is 2.02. The van der Waals surface area contributed by atoms with Crippen molar-refractivity contribution in [3.05, 3.63) is 77.9 Å². The van der Waals surface area contributed by atoms with Gasteiger partial charge in [0.1, 0.15) is 0 Å². The van der Waals surface area contributed by atoms with E-state index in [9.17, 15) is 4.39 Å². The largest absolute Gasteiger partial charge is 0.251 e. The van der Waals surface area contributed by atoms with Crippen molar-refractivity contribution in [2.45, 2.75) is 12.8 Å². The van der Waals surface area contributed by atoms with E-state index in [4.69, 9.17) is 0 Å². The molecule has 0 heterocycles. The lowest BCUT2D eigenvalue weighted by Crippen LogP contribution is -1.91. The van der Waals surface area contributed by atoms with Crippen LogP contribution in [0.4, 0.5) is 4.39 Å². The van der Waals surface area contributed by atoms with E-state index >= 15 is 0 Å². The Labute approximate surface area is 108 Å². The summed E-state index contributed by atoms with van der Waals surface area (Å²) in [6.45, 7) is -0.300. The number of benzene rings is 2. The highest BCUT2D eigenvalue weighted by Crippen LogP contribution is 2.20. The number of hydrogen-bond acceptors (Lipinski definition) is 0. The summed E-state index contributed by atoms with van der Waals surface area (Å²) >= 11 is 0. The Morgan fingerprint density at radius 2 is 1.50 bits per heavy atom. The van der Waals surface area contributed by atoms with Crippen molar-refractivity contribution in [2.75, 3.05) is 6.67 Å². The highest BCUT2D eigenvalue weighted by atomic mass is 19.1. The average molecular weight is 240 g/mol. The van der Waals surface area contributed by atoms with Gasteiger partial charge in [-0.2, -0.15) is 0 Å². The Morgan fingerprint density at radius 1 is 0.889 bits per heavy atom. The molecule has 0 radical (unpaired) electrons. The van der Waals surface area contributed by atoms with Crippen LogP contribution >= 0.6 is 0 Å². The molecule has 0 atom stereocenters. The van der Waals surface area contributed by atoms with Gasteiger partial charge in [0.25, 0.3) is 0 Å². The van der Waals surface area contributed by atoms with Crippen molar-refractivity contribution in [1.29, 1.82) is 0 Å². The van der Waals surface area contributed by atoms with Gasteiger partial charge in [0, 0.05) is 0 Å². The van der Waals surface area contributed by atoms with Crippen LogP contribution in [0.3, 0.4) is 0 Å². The monoisotopic (exact) mass is 240 g/mol. The van der Waals surface area contributed by atoms with Crippen LogP contribution < -0.4 is 0 Å². The zero-order valence-corrected chi connectivity index (χ0v) is 10.4. The minimum absolute atomic E-state index is 0.300. The predicted octanol–water partition coefficient (Wildman–Crippen LogP) is 4.67. The van der Waals surface area contributed by atoms with Gasteiger partial charge in [-0.3, -0.25) is 4.39 Å². The lowest BCUT2D eigenvalue weighted by Gasteiger charge is -2.08. The zero-order chi connectivity index (χ0) is 12.6. The molecule has 0 fully saturated rings. The van der Waals surface area contributed by atoms with Crippen molar-refractivity contribution in [3.8, 4) is 0 Å². The van der Waals surface area contributed by atoms with Gasteiger partial charge in [0.05, 0.1) is 6.67 Å². The van der Waals surface area contributed by atoms with E-state index in [-0.39, 0.29) is 6.67 Å². The highest BCUT2D eigenvalue weighted by molar-refractivity contribution is 5.67. The topological polar surface area (TPSA) is 0 Å². The van der Waals surface area contributed by atoms with Gasteiger partial charge in [0.2, 0.25) is 0 Å². The van der Waals surface area contributed by atoms with Gasteiger partial charge in [0.15, 0.2) is 0 Å². The van der Waals surface area contributed by atoms with Crippen LogP contribution in [0.25, 0.3) is 5.57 Å². The molecule has 1 heteroatoms. The van der Waals surface area contributed by atoms with Crippen LogP contribution in [-0.2, 0) is 6.42 Å². The second-order valence-electron chi connectivity index (χ2n) is 4.24. The third kappa shape index (κ3) is 3.56. The van der Waals surface area contributed by atoms with E-state index in [1.54, 1.807) is 0 Å². The number of rotatable bonds is 5. The average Bonchev–Trinajstić information content (AvgIpc) is 2.45. The first-order valence-corrected chi connectivity index (χ1v) is 6.24. The zero-order valence-electron chi connectivity index (χ0n) is 10.4. The normalized spacial score (nSPS) is 11.5.